The monoisotopic (exact) mass is 512 g/mol. The van der Waals surface area contributed by atoms with Gasteiger partial charge in [-0.25, -0.2) is 0 Å². The van der Waals surface area contributed by atoms with Gasteiger partial charge in [-0.3, -0.25) is 9.20 Å². The molecular weight excluding hydrogens is 488 g/mol. The van der Waals surface area contributed by atoms with Gasteiger partial charge < -0.3 is 4.40 Å². The van der Waals surface area contributed by atoms with Gasteiger partial charge in [0.05, 0.1) is 33.1 Å². The minimum absolute atomic E-state index is 0.0620. The fourth-order valence-electron chi connectivity index (χ4n) is 6.46. The number of hydrogen-bond donors (Lipinski definition) is 0. The molecule has 0 saturated heterocycles. The van der Waals surface area contributed by atoms with E-state index in [2.05, 4.69) is 96.4 Å². The minimum atomic E-state index is -0.0620. The van der Waals surface area contributed by atoms with E-state index in [-0.39, 0.29) is 5.56 Å². The molecule has 0 N–H and O–H groups in total. The molecule has 3 heterocycles. The lowest BCUT2D eigenvalue weighted by molar-refractivity contribution is 1.14. The van der Waals surface area contributed by atoms with E-state index in [1.54, 1.807) is 6.08 Å². The third-order valence-corrected chi connectivity index (χ3v) is 8.19. The van der Waals surface area contributed by atoms with Gasteiger partial charge in [0.25, 0.3) is 5.56 Å². The Morgan fingerprint density at radius 2 is 1.18 bits per heavy atom. The van der Waals surface area contributed by atoms with Crippen molar-refractivity contribution in [2.75, 3.05) is 0 Å². The van der Waals surface area contributed by atoms with E-state index >= 15 is 0 Å². The van der Waals surface area contributed by atoms with Crippen molar-refractivity contribution in [2.24, 2.45) is 0 Å². The molecule has 0 fully saturated rings. The third-order valence-electron chi connectivity index (χ3n) is 8.19. The van der Waals surface area contributed by atoms with Gasteiger partial charge in [0, 0.05) is 21.7 Å². The predicted octanol–water partition coefficient (Wildman–Crippen LogP) is 9.07. The highest BCUT2D eigenvalue weighted by Gasteiger charge is 2.22. The summed E-state index contributed by atoms with van der Waals surface area (Å²) in [5.74, 6) is 0. The summed E-state index contributed by atoms with van der Waals surface area (Å²) in [4.78, 5) is 14.6. The predicted molar refractivity (Wildman–Crippen MR) is 169 cm³/mol. The van der Waals surface area contributed by atoms with Crippen molar-refractivity contribution in [1.29, 1.82) is 0 Å². The van der Waals surface area contributed by atoms with Crippen LogP contribution in [0.4, 0.5) is 0 Å². The number of benzene rings is 5. The lowest BCUT2D eigenvalue weighted by atomic mass is 9.99. The first-order valence-corrected chi connectivity index (χ1v) is 13.4. The van der Waals surface area contributed by atoms with Gasteiger partial charge in [-0.15, -0.1) is 0 Å². The molecule has 40 heavy (non-hydrogen) atoms. The summed E-state index contributed by atoms with van der Waals surface area (Å²) in [6.07, 6.45) is 3.59. The SMILES string of the molecule is C=Cc1c(C=C)n2c(=O)c3cc(-c4ccccc4)cc4c5cc(-c6ccccc6)ccc5n(c5cccc1c52)c34. The van der Waals surface area contributed by atoms with Crippen molar-refractivity contribution in [3.63, 3.8) is 0 Å². The molecule has 8 rings (SSSR count). The van der Waals surface area contributed by atoms with Crippen LogP contribution < -0.4 is 5.56 Å². The van der Waals surface area contributed by atoms with E-state index in [0.717, 1.165) is 71.7 Å². The highest BCUT2D eigenvalue weighted by molar-refractivity contribution is 6.18. The van der Waals surface area contributed by atoms with Gasteiger partial charge in [0.2, 0.25) is 0 Å². The molecule has 0 atom stereocenters. The topological polar surface area (TPSA) is 25.9 Å². The number of nitrogens with zero attached hydrogens (tertiary/aromatic N) is 2. The van der Waals surface area contributed by atoms with E-state index in [1.165, 1.54) is 0 Å². The number of para-hydroxylation sites is 1. The van der Waals surface area contributed by atoms with Crippen LogP contribution in [0.3, 0.4) is 0 Å². The Balaban J connectivity index is 1.68. The van der Waals surface area contributed by atoms with Gasteiger partial charge in [0.15, 0.2) is 0 Å². The molecule has 8 aromatic rings. The van der Waals surface area contributed by atoms with Crippen LogP contribution in [0.1, 0.15) is 11.3 Å². The van der Waals surface area contributed by atoms with Gasteiger partial charge in [-0.05, 0) is 58.7 Å². The summed E-state index contributed by atoms with van der Waals surface area (Å²) in [7, 11) is 0. The molecule has 0 spiro atoms. The summed E-state index contributed by atoms with van der Waals surface area (Å²) >= 11 is 0. The van der Waals surface area contributed by atoms with E-state index in [0.29, 0.717) is 5.39 Å². The number of hydrogen-bond acceptors (Lipinski definition) is 1. The maximum atomic E-state index is 14.6. The first kappa shape index (κ1) is 22.6. The van der Waals surface area contributed by atoms with Crippen LogP contribution in [0.15, 0.2) is 127 Å². The van der Waals surface area contributed by atoms with E-state index in [1.807, 2.05) is 40.8 Å². The van der Waals surface area contributed by atoms with Crippen LogP contribution in [0, 0.1) is 0 Å². The minimum Gasteiger partial charge on any atom is -0.306 e. The smallest absolute Gasteiger partial charge is 0.265 e. The van der Waals surface area contributed by atoms with E-state index < -0.39 is 0 Å². The summed E-state index contributed by atoms with van der Waals surface area (Å²) in [5, 5.41) is 3.83. The fourth-order valence-corrected chi connectivity index (χ4v) is 6.46. The molecule has 0 aliphatic rings. The molecule has 3 nitrogen and oxygen atoms in total. The first-order valence-electron chi connectivity index (χ1n) is 13.4. The Bertz CT molecular complexity index is 2360. The van der Waals surface area contributed by atoms with Crippen LogP contribution in [0.25, 0.3) is 78.0 Å². The third kappa shape index (κ3) is 2.92. The number of aromatic nitrogens is 2. The Morgan fingerprint density at radius 1 is 0.500 bits per heavy atom. The van der Waals surface area contributed by atoms with Crippen LogP contribution >= 0.6 is 0 Å². The zero-order valence-corrected chi connectivity index (χ0v) is 21.8. The molecule has 5 aromatic carbocycles. The second-order valence-electron chi connectivity index (χ2n) is 10.2. The Labute approximate surface area is 230 Å². The van der Waals surface area contributed by atoms with Crippen LogP contribution in [-0.2, 0) is 0 Å². The van der Waals surface area contributed by atoms with Gasteiger partial charge >= 0.3 is 0 Å². The van der Waals surface area contributed by atoms with E-state index in [4.69, 9.17) is 0 Å². The second kappa shape index (κ2) is 8.29. The maximum absolute atomic E-state index is 14.6. The van der Waals surface area contributed by atoms with Crippen molar-refractivity contribution < 1.29 is 0 Å². The Morgan fingerprint density at radius 3 is 1.88 bits per heavy atom. The molecule has 0 aliphatic carbocycles. The molecule has 0 aliphatic heterocycles. The van der Waals surface area contributed by atoms with Gasteiger partial charge in [-0.2, -0.15) is 0 Å². The molecule has 0 unspecified atom stereocenters. The highest BCUT2D eigenvalue weighted by Crippen LogP contribution is 2.40. The average Bonchev–Trinajstić information content (AvgIpc) is 3.49. The molecule has 0 radical (unpaired) electrons. The summed E-state index contributed by atoms with van der Waals surface area (Å²) < 4.78 is 4.10. The fraction of sp³-hybridized carbons (Fsp3) is 0. The molecule has 0 amide bonds. The first-order chi connectivity index (χ1) is 19.7. The van der Waals surface area contributed by atoms with Crippen molar-refractivity contribution >= 4 is 55.8 Å². The zero-order chi connectivity index (χ0) is 27.0. The molecule has 3 heteroatoms. The molecule has 3 aromatic heterocycles. The lowest BCUT2D eigenvalue weighted by Gasteiger charge is -2.05. The van der Waals surface area contributed by atoms with Crippen molar-refractivity contribution in [2.45, 2.75) is 0 Å². The van der Waals surface area contributed by atoms with Crippen molar-refractivity contribution in [1.82, 2.24) is 8.80 Å². The molecule has 0 saturated carbocycles. The zero-order valence-electron chi connectivity index (χ0n) is 21.8. The molecule has 0 bridgehead atoms. The van der Waals surface area contributed by atoms with Crippen LogP contribution in [0.2, 0.25) is 0 Å². The maximum Gasteiger partial charge on any atom is 0.265 e. The Hall–Kier alpha value is -5.41. The lowest BCUT2D eigenvalue weighted by Crippen LogP contribution is -2.11. The van der Waals surface area contributed by atoms with Crippen LogP contribution in [-0.4, -0.2) is 8.80 Å². The van der Waals surface area contributed by atoms with Crippen molar-refractivity contribution in [3.05, 3.63) is 144 Å². The number of rotatable bonds is 4. The van der Waals surface area contributed by atoms with Gasteiger partial charge in [-0.1, -0.05) is 98.1 Å². The van der Waals surface area contributed by atoms with Gasteiger partial charge in [0.1, 0.15) is 0 Å². The summed E-state index contributed by atoms with van der Waals surface area (Å²) in [6, 6.07) is 37.8. The molecular formula is C37H24N2O. The average molecular weight is 513 g/mol. The normalized spacial score (nSPS) is 11.8. The van der Waals surface area contributed by atoms with Crippen molar-refractivity contribution in [3.8, 4) is 22.3 Å². The highest BCUT2D eigenvalue weighted by atomic mass is 16.1. The van der Waals surface area contributed by atoms with E-state index in [9.17, 15) is 4.79 Å². The van der Waals surface area contributed by atoms with Crippen LogP contribution in [0.5, 0.6) is 0 Å². The Kier molecular flexibility index (Phi) is 4.68. The summed E-state index contributed by atoms with van der Waals surface area (Å²) in [5.41, 5.74) is 9.86. The number of fused-ring (bicyclic) bond motifs is 4. The second-order valence-corrected chi connectivity index (χ2v) is 10.2. The summed E-state index contributed by atoms with van der Waals surface area (Å²) in [6.45, 7) is 8.15. The standard InChI is InChI=1S/C37H24N2O/c1-3-27-28-16-11-17-34-36(28)39(32(27)4-2)37(40)31-22-26(24-14-9-6-10-15-24)21-30-29-20-25(23-12-7-5-8-13-23)18-19-33(29)38(34)35(30)31/h3-22H,1-2H2. The largest absolute Gasteiger partial charge is 0.306 e. The molecule has 188 valence electrons. The quantitative estimate of drug-likeness (QED) is 0.231.